The van der Waals surface area contributed by atoms with E-state index in [2.05, 4.69) is 10.3 Å². The highest BCUT2D eigenvalue weighted by Crippen LogP contribution is 2.16. The van der Waals surface area contributed by atoms with E-state index in [0.717, 1.165) is 0 Å². The molecule has 2 rings (SSSR count). The Hall–Kier alpha value is -1.95. The molecule has 0 radical (unpaired) electrons. The van der Waals surface area contributed by atoms with Gasteiger partial charge >= 0.3 is 0 Å². The molecule has 0 saturated carbocycles. The lowest BCUT2D eigenvalue weighted by atomic mass is 10.2. The van der Waals surface area contributed by atoms with Crippen LogP contribution in [0.4, 0.5) is 5.69 Å². The third-order valence-electron chi connectivity index (χ3n) is 2.51. The van der Waals surface area contributed by atoms with Crippen LogP contribution in [0, 0.1) is 0 Å². The highest BCUT2D eigenvalue weighted by atomic mass is 16.3. The standard InChI is InChI=1S/C11H13N3O3/c1-7(15)9-3-2-8(4-12-9)14-5-10(16)13-11(17)6-14/h2-4,7,15H,5-6H2,1H3,(H,13,16,17)/t7-/m0/s1. The van der Waals surface area contributed by atoms with Gasteiger partial charge < -0.3 is 10.0 Å². The van der Waals surface area contributed by atoms with Crippen LogP contribution in [0.2, 0.25) is 0 Å². The molecule has 1 atom stereocenters. The molecular weight excluding hydrogens is 222 g/mol. The summed E-state index contributed by atoms with van der Waals surface area (Å²) in [5, 5.41) is 11.5. The van der Waals surface area contributed by atoms with Gasteiger partial charge in [0.05, 0.1) is 36.8 Å². The average Bonchev–Trinajstić information content (AvgIpc) is 2.28. The van der Waals surface area contributed by atoms with Crippen LogP contribution >= 0.6 is 0 Å². The van der Waals surface area contributed by atoms with Crippen molar-refractivity contribution in [1.82, 2.24) is 10.3 Å². The van der Waals surface area contributed by atoms with Crippen LogP contribution in [0.25, 0.3) is 0 Å². The van der Waals surface area contributed by atoms with Crippen molar-refractivity contribution in [1.29, 1.82) is 0 Å². The van der Waals surface area contributed by atoms with Crippen LogP contribution in [0.1, 0.15) is 18.7 Å². The molecule has 1 aliphatic rings. The van der Waals surface area contributed by atoms with Crippen molar-refractivity contribution in [3.05, 3.63) is 24.0 Å². The van der Waals surface area contributed by atoms with E-state index >= 15 is 0 Å². The molecule has 0 aromatic carbocycles. The van der Waals surface area contributed by atoms with Crippen molar-refractivity contribution in [2.45, 2.75) is 13.0 Å². The smallest absolute Gasteiger partial charge is 0.246 e. The van der Waals surface area contributed by atoms with E-state index in [4.69, 9.17) is 0 Å². The molecule has 2 amide bonds. The monoisotopic (exact) mass is 235 g/mol. The maximum atomic E-state index is 11.2. The molecule has 0 spiro atoms. The van der Waals surface area contributed by atoms with Crippen LogP contribution in [-0.2, 0) is 9.59 Å². The van der Waals surface area contributed by atoms with Crippen molar-refractivity contribution in [3.8, 4) is 0 Å². The van der Waals surface area contributed by atoms with Crippen molar-refractivity contribution in [2.24, 2.45) is 0 Å². The first-order chi connectivity index (χ1) is 8.06. The van der Waals surface area contributed by atoms with Gasteiger partial charge in [-0.2, -0.15) is 0 Å². The van der Waals surface area contributed by atoms with E-state index in [1.807, 2.05) is 0 Å². The van der Waals surface area contributed by atoms with Crippen LogP contribution in [0.5, 0.6) is 0 Å². The number of pyridine rings is 1. The van der Waals surface area contributed by atoms with E-state index in [1.54, 1.807) is 30.2 Å². The first-order valence-electron chi connectivity index (χ1n) is 5.28. The van der Waals surface area contributed by atoms with Crippen molar-refractivity contribution < 1.29 is 14.7 Å². The summed E-state index contributed by atoms with van der Waals surface area (Å²) in [4.78, 5) is 28.1. The number of amides is 2. The summed E-state index contributed by atoms with van der Waals surface area (Å²) in [6.45, 7) is 1.91. The van der Waals surface area contributed by atoms with Gasteiger partial charge in [-0.15, -0.1) is 0 Å². The summed E-state index contributed by atoms with van der Waals surface area (Å²) in [5.74, 6) is -0.637. The predicted octanol–water partition coefficient (Wildman–Crippen LogP) is -0.402. The Morgan fingerprint density at radius 1 is 1.35 bits per heavy atom. The average molecular weight is 235 g/mol. The fraction of sp³-hybridized carbons (Fsp3) is 0.364. The zero-order valence-electron chi connectivity index (χ0n) is 9.38. The molecule has 6 heteroatoms. The molecule has 17 heavy (non-hydrogen) atoms. The van der Waals surface area contributed by atoms with Gasteiger partial charge in [0, 0.05) is 0 Å². The summed E-state index contributed by atoms with van der Waals surface area (Å²) in [6.07, 6.45) is 0.920. The van der Waals surface area contributed by atoms with Gasteiger partial charge in [0.15, 0.2) is 0 Å². The second-order valence-electron chi connectivity index (χ2n) is 3.94. The molecule has 1 aromatic rings. The molecule has 2 heterocycles. The number of carbonyl (C=O) groups is 2. The van der Waals surface area contributed by atoms with Gasteiger partial charge in [-0.25, -0.2) is 0 Å². The lowest BCUT2D eigenvalue weighted by Crippen LogP contribution is -2.51. The number of aliphatic hydroxyl groups excluding tert-OH is 1. The second kappa shape index (κ2) is 4.50. The summed E-state index contributed by atoms with van der Waals surface area (Å²) >= 11 is 0. The van der Waals surface area contributed by atoms with Crippen molar-refractivity contribution in [2.75, 3.05) is 18.0 Å². The number of hydrogen-bond acceptors (Lipinski definition) is 5. The summed E-state index contributed by atoms with van der Waals surface area (Å²) < 4.78 is 0. The minimum atomic E-state index is -0.629. The Kier molecular flexibility index (Phi) is 3.06. The third kappa shape index (κ3) is 2.59. The number of imide groups is 1. The van der Waals surface area contributed by atoms with Gasteiger partial charge in [0.1, 0.15) is 0 Å². The van der Waals surface area contributed by atoms with E-state index in [9.17, 15) is 14.7 Å². The van der Waals surface area contributed by atoms with E-state index < -0.39 is 6.10 Å². The molecule has 6 nitrogen and oxygen atoms in total. The first-order valence-corrected chi connectivity index (χ1v) is 5.28. The first kappa shape index (κ1) is 11.5. The summed E-state index contributed by atoms with van der Waals surface area (Å²) in [7, 11) is 0. The SMILES string of the molecule is C[C@H](O)c1ccc(N2CC(=O)NC(=O)C2)cn1. The van der Waals surface area contributed by atoms with Crippen LogP contribution < -0.4 is 10.2 Å². The number of piperazine rings is 1. The number of aromatic nitrogens is 1. The summed E-state index contributed by atoms with van der Waals surface area (Å²) in [6, 6.07) is 3.41. The molecular formula is C11H13N3O3. The number of nitrogens with one attached hydrogen (secondary N) is 1. The predicted molar refractivity (Wildman–Crippen MR) is 60.2 cm³/mol. The minimum Gasteiger partial charge on any atom is -0.387 e. The summed E-state index contributed by atoms with van der Waals surface area (Å²) in [5.41, 5.74) is 1.25. The highest BCUT2D eigenvalue weighted by molar-refractivity contribution is 6.02. The Balaban J connectivity index is 2.16. The lowest BCUT2D eigenvalue weighted by Gasteiger charge is -2.27. The van der Waals surface area contributed by atoms with Gasteiger partial charge in [0.2, 0.25) is 11.8 Å². The Morgan fingerprint density at radius 2 is 2.00 bits per heavy atom. The van der Waals surface area contributed by atoms with E-state index in [-0.39, 0.29) is 24.9 Å². The van der Waals surface area contributed by atoms with Gasteiger partial charge in [-0.05, 0) is 19.1 Å². The van der Waals surface area contributed by atoms with Crippen molar-refractivity contribution >= 4 is 17.5 Å². The number of aliphatic hydroxyl groups is 1. The van der Waals surface area contributed by atoms with E-state index in [1.165, 1.54) is 0 Å². The number of anilines is 1. The topological polar surface area (TPSA) is 82.5 Å². The zero-order chi connectivity index (χ0) is 12.4. The quantitative estimate of drug-likeness (QED) is 0.681. The normalized spacial score (nSPS) is 17.9. The largest absolute Gasteiger partial charge is 0.387 e. The molecule has 1 saturated heterocycles. The van der Waals surface area contributed by atoms with Crippen LogP contribution in [0.15, 0.2) is 18.3 Å². The minimum absolute atomic E-state index is 0.140. The van der Waals surface area contributed by atoms with Crippen molar-refractivity contribution in [3.63, 3.8) is 0 Å². The van der Waals surface area contributed by atoms with E-state index in [0.29, 0.717) is 11.4 Å². The van der Waals surface area contributed by atoms with Gasteiger partial charge in [0.25, 0.3) is 0 Å². The number of hydrogen-bond donors (Lipinski definition) is 2. The molecule has 0 aliphatic carbocycles. The molecule has 0 unspecified atom stereocenters. The Labute approximate surface area is 98.3 Å². The fourth-order valence-corrected chi connectivity index (χ4v) is 1.65. The molecule has 1 aromatic heterocycles. The zero-order valence-corrected chi connectivity index (χ0v) is 9.38. The molecule has 0 bridgehead atoms. The molecule has 1 aliphatic heterocycles. The third-order valence-corrected chi connectivity index (χ3v) is 2.51. The fourth-order valence-electron chi connectivity index (χ4n) is 1.65. The number of rotatable bonds is 2. The highest BCUT2D eigenvalue weighted by Gasteiger charge is 2.22. The van der Waals surface area contributed by atoms with Crippen LogP contribution in [-0.4, -0.2) is 35.0 Å². The maximum Gasteiger partial charge on any atom is 0.246 e. The van der Waals surface area contributed by atoms with Crippen LogP contribution in [0.3, 0.4) is 0 Å². The molecule has 2 N–H and O–H groups in total. The second-order valence-corrected chi connectivity index (χ2v) is 3.94. The van der Waals surface area contributed by atoms with Gasteiger partial charge in [-0.3, -0.25) is 19.9 Å². The Morgan fingerprint density at radius 3 is 2.47 bits per heavy atom. The number of carbonyl (C=O) groups excluding carboxylic acids is 2. The maximum absolute atomic E-state index is 11.2. The lowest BCUT2D eigenvalue weighted by molar-refractivity contribution is -0.130. The van der Waals surface area contributed by atoms with Gasteiger partial charge in [-0.1, -0.05) is 0 Å². The molecule has 90 valence electrons. The number of nitrogens with zero attached hydrogens (tertiary/aromatic N) is 2. The Bertz CT molecular complexity index is 426. The molecule has 1 fully saturated rings.